The van der Waals surface area contributed by atoms with Crippen LogP contribution in [0.5, 0.6) is 5.75 Å². The Morgan fingerprint density at radius 2 is 2.12 bits per heavy atom. The molecule has 0 saturated carbocycles. The first kappa shape index (κ1) is 17.7. The highest BCUT2D eigenvalue weighted by Crippen LogP contribution is 2.28. The summed E-state index contributed by atoms with van der Waals surface area (Å²) in [6.45, 7) is 1.71. The van der Waals surface area contributed by atoms with Crippen molar-refractivity contribution < 1.29 is 14.5 Å². The number of para-hydroxylation sites is 2. The molecule has 1 amide bonds. The summed E-state index contributed by atoms with van der Waals surface area (Å²) < 4.78 is 5.17. The van der Waals surface area contributed by atoms with Crippen molar-refractivity contribution >= 4 is 40.1 Å². The molecular weight excluding hydrogens is 356 g/mol. The molecule has 0 fully saturated rings. The van der Waals surface area contributed by atoms with Crippen LogP contribution in [-0.4, -0.2) is 33.2 Å². The van der Waals surface area contributed by atoms with E-state index in [2.05, 4.69) is 15.3 Å². The number of aromatic amines is 1. The number of fused-ring (bicyclic) bond motifs is 1. The first-order chi connectivity index (χ1) is 12.5. The van der Waals surface area contributed by atoms with Crippen molar-refractivity contribution in [1.82, 2.24) is 9.97 Å². The molecule has 0 radical (unpaired) electrons. The fourth-order valence-electron chi connectivity index (χ4n) is 2.34. The van der Waals surface area contributed by atoms with Gasteiger partial charge >= 0.3 is 0 Å². The van der Waals surface area contributed by atoms with Gasteiger partial charge in [-0.05, 0) is 25.1 Å². The number of nitro benzene ring substituents is 1. The van der Waals surface area contributed by atoms with Crippen molar-refractivity contribution in [2.45, 2.75) is 17.3 Å². The maximum Gasteiger partial charge on any atom is 0.292 e. The smallest absolute Gasteiger partial charge is 0.292 e. The minimum atomic E-state index is -0.528. The molecule has 3 rings (SSSR count). The molecule has 26 heavy (non-hydrogen) atoms. The second-order valence-electron chi connectivity index (χ2n) is 5.45. The third-order valence-electron chi connectivity index (χ3n) is 3.68. The number of aromatic nitrogens is 2. The minimum absolute atomic E-state index is 0.145. The number of ether oxygens (including phenoxy) is 1. The van der Waals surface area contributed by atoms with Crippen LogP contribution >= 0.6 is 11.8 Å². The Bertz CT molecular complexity index is 972. The standard InChI is InChI=1S/C17H16N4O4S/c1-10(16(22)18-13-5-3-4-6-15(13)21(23)24)26-17-19-12-8-7-11(25-2)9-14(12)20-17/h3-10H,1-2H3,(H,18,22)(H,19,20). The number of anilines is 1. The largest absolute Gasteiger partial charge is 0.497 e. The summed E-state index contributed by atoms with van der Waals surface area (Å²) >= 11 is 1.23. The maximum atomic E-state index is 12.4. The number of H-pyrrole nitrogens is 1. The van der Waals surface area contributed by atoms with E-state index in [1.165, 1.54) is 23.9 Å². The van der Waals surface area contributed by atoms with Crippen LogP contribution in [-0.2, 0) is 4.79 Å². The number of thioether (sulfide) groups is 1. The number of benzene rings is 2. The lowest BCUT2D eigenvalue weighted by Crippen LogP contribution is -2.23. The molecule has 0 saturated heterocycles. The monoisotopic (exact) mass is 372 g/mol. The summed E-state index contributed by atoms with van der Waals surface area (Å²) in [7, 11) is 1.59. The van der Waals surface area contributed by atoms with Crippen molar-refractivity contribution in [3.05, 3.63) is 52.6 Å². The third kappa shape index (κ3) is 3.77. The van der Waals surface area contributed by atoms with Gasteiger partial charge < -0.3 is 15.0 Å². The van der Waals surface area contributed by atoms with Crippen molar-refractivity contribution in [3.63, 3.8) is 0 Å². The predicted octanol–water partition coefficient (Wildman–Crippen LogP) is 3.60. The molecule has 1 atom stereocenters. The van der Waals surface area contributed by atoms with Crippen LogP contribution in [0.2, 0.25) is 0 Å². The lowest BCUT2D eigenvalue weighted by Gasteiger charge is -2.10. The zero-order valence-electron chi connectivity index (χ0n) is 14.1. The van der Waals surface area contributed by atoms with Crippen molar-refractivity contribution in [1.29, 1.82) is 0 Å². The number of hydrogen-bond donors (Lipinski definition) is 2. The topological polar surface area (TPSA) is 110 Å². The van der Waals surface area contributed by atoms with Gasteiger partial charge in [-0.2, -0.15) is 0 Å². The Kier molecular flexibility index (Phi) is 5.08. The zero-order valence-corrected chi connectivity index (χ0v) is 14.9. The first-order valence-corrected chi connectivity index (χ1v) is 8.60. The molecule has 3 aromatic rings. The van der Waals surface area contributed by atoms with Crippen LogP contribution < -0.4 is 10.1 Å². The highest BCUT2D eigenvalue weighted by molar-refractivity contribution is 8.00. The second-order valence-corrected chi connectivity index (χ2v) is 6.78. The van der Waals surface area contributed by atoms with Crippen molar-refractivity contribution in [2.24, 2.45) is 0 Å². The summed E-state index contributed by atoms with van der Waals surface area (Å²) in [5.74, 6) is 0.363. The van der Waals surface area contributed by atoms with Gasteiger partial charge in [-0.15, -0.1) is 0 Å². The van der Waals surface area contributed by atoms with E-state index in [0.29, 0.717) is 10.9 Å². The molecular formula is C17H16N4O4S. The molecule has 0 aliphatic heterocycles. The molecule has 2 aromatic carbocycles. The molecule has 0 spiro atoms. The minimum Gasteiger partial charge on any atom is -0.497 e. The van der Waals surface area contributed by atoms with Crippen LogP contribution in [0.15, 0.2) is 47.6 Å². The maximum absolute atomic E-state index is 12.4. The van der Waals surface area contributed by atoms with Gasteiger partial charge in [-0.1, -0.05) is 23.9 Å². The van der Waals surface area contributed by atoms with Gasteiger partial charge in [0, 0.05) is 12.1 Å². The number of carbonyl (C=O) groups excluding carboxylic acids is 1. The van der Waals surface area contributed by atoms with Gasteiger partial charge in [0.05, 0.1) is 28.3 Å². The van der Waals surface area contributed by atoms with E-state index in [9.17, 15) is 14.9 Å². The van der Waals surface area contributed by atoms with Gasteiger partial charge in [0.2, 0.25) is 5.91 Å². The van der Waals surface area contributed by atoms with E-state index in [4.69, 9.17) is 4.74 Å². The summed E-state index contributed by atoms with van der Waals surface area (Å²) in [4.78, 5) is 30.5. The quantitative estimate of drug-likeness (QED) is 0.389. The summed E-state index contributed by atoms with van der Waals surface area (Å²) in [6, 6.07) is 11.5. The number of nitrogens with one attached hydrogen (secondary N) is 2. The van der Waals surface area contributed by atoms with Crippen LogP contribution in [0.25, 0.3) is 11.0 Å². The van der Waals surface area contributed by atoms with E-state index in [1.807, 2.05) is 18.2 Å². The Labute approximate surface area is 153 Å². The number of rotatable bonds is 6. The van der Waals surface area contributed by atoms with E-state index < -0.39 is 10.2 Å². The summed E-state index contributed by atoms with van der Waals surface area (Å²) in [6.07, 6.45) is 0. The number of amides is 1. The normalized spacial score (nSPS) is 11.9. The van der Waals surface area contributed by atoms with Crippen LogP contribution in [0.1, 0.15) is 6.92 Å². The number of nitrogens with zero attached hydrogens (tertiary/aromatic N) is 2. The van der Waals surface area contributed by atoms with E-state index in [-0.39, 0.29) is 17.3 Å². The molecule has 0 aliphatic carbocycles. The van der Waals surface area contributed by atoms with Crippen molar-refractivity contribution in [3.8, 4) is 5.75 Å². The first-order valence-electron chi connectivity index (χ1n) is 7.72. The molecule has 1 aromatic heterocycles. The molecule has 1 unspecified atom stereocenters. The lowest BCUT2D eigenvalue weighted by atomic mass is 10.2. The summed E-state index contributed by atoms with van der Waals surface area (Å²) in [5, 5.41) is 13.7. The average Bonchev–Trinajstić information content (AvgIpc) is 3.03. The molecule has 1 heterocycles. The summed E-state index contributed by atoms with van der Waals surface area (Å²) in [5.41, 5.74) is 1.59. The van der Waals surface area contributed by atoms with Gasteiger partial charge in [-0.3, -0.25) is 14.9 Å². The Hall–Kier alpha value is -3.07. The van der Waals surface area contributed by atoms with E-state index >= 15 is 0 Å². The van der Waals surface area contributed by atoms with Crippen LogP contribution in [0, 0.1) is 10.1 Å². The fourth-order valence-corrected chi connectivity index (χ4v) is 3.16. The number of hydrogen-bond acceptors (Lipinski definition) is 6. The molecule has 0 bridgehead atoms. The molecule has 2 N–H and O–H groups in total. The molecule has 8 nitrogen and oxygen atoms in total. The van der Waals surface area contributed by atoms with Gasteiger partial charge in [0.1, 0.15) is 11.4 Å². The Balaban J connectivity index is 1.72. The van der Waals surface area contributed by atoms with Gasteiger partial charge in [-0.25, -0.2) is 4.98 Å². The SMILES string of the molecule is COc1ccc2nc(SC(C)C(=O)Nc3ccccc3[N+](=O)[O-])[nH]c2c1. The molecule has 0 aliphatic rings. The van der Waals surface area contributed by atoms with Crippen LogP contribution in [0.3, 0.4) is 0 Å². The number of imidazole rings is 1. The van der Waals surface area contributed by atoms with Crippen LogP contribution in [0.4, 0.5) is 11.4 Å². The zero-order chi connectivity index (χ0) is 18.7. The van der Waals surface area contributed by atoms with Gasteiger partial charge in [0.25, 0.3) is 5.69 Å². The molecule has 9 heteroatoms. The number of nitro groups is 1. The predicted molar refractivity (Wildman–Crippen MR) is 99.7 cm³/mol. The Morgan fingerprint density at radius 3 is 2.85 bits per heavy atom. The van der Waals surface area contributed by atoms with E-state index in [1.54, 1.807) is 26.2 Å². The van der Waals surface area contributed by atoms with Gasteiger partial charge in [0.15, 0.2) is 5.16 Å². The van der Waals surface area contributed by atoms with E-state index in [0.717, 1.165) is 11.0 Å². The average molecular weight is 372 g/mol. The Morgan fingerprint density at radius 1 is 1.35 bits per heavy atom. The second kappa shape index (κ2) is 7.44. The third-order valence-corrected chi connectivity index (χ3v) is 4.67. The fraction of sp³-hybridized carbons (Fsp3) is 0.176. The number of carbonyl (C=O) groups is 1. The lowest BCUT2D eigenvalue weighted by molar-refractivity contribution is -0.383. The van der Waals surface area contributed by atoms with Crippen molar-refractivity contribution in [2.75, 3.05) is 12.4 Å². The molecule has 134 valence electrons. The highest BCUT2D eigenvalue weighted by Gasteiger charge is 2.20. The highest BCUT2D eigenvalue weighted by atomic mass is 32.2. The number of methoxy groups -OCH3 is 1.